The van der Waals surface area contributed by atoms with E-state index < -0.39 is 0 Å². The lowest BCUT2D eigenvalue weighted by Crippen LogP contribution is -2.06. The highest BCUT2D eigenvalue weighted by Crippen LogP contribution is 2.30. The summed E-state index contributed by atoms with van der Waals surface area (Å²) in [6, 6.07) is 8.90. The second-order valence-corrected chi connectivity index (χ2v) is 6.96. The fourth-order valence-electron chi connectivity index (χ4n) is 1.86. The van der Waals surface area contributed by atoms with Crippen LogP contribution in [0.3, 0.4) is 0 Å². The molecule has 18 heavy (non-hydrogen) atoms. The predicted molar refractivity (Wildman–Crippen MR) is 87.6 cm³/mol. The van der Waals surface area contributed by atoms with E-state index in [2.05, 4.69) is 80.7 Å². The Balaban J connectivity index is 2.18. The maximum atomic E-state index is 3.59. The average molecular weight is 389 g/mol. The van der Waals surface area contributed by atoms with Gasteiger partial charge in [0.05, 0.1) is 6.04 Å². The van der Waals surface area contributed by atoms with Crippen molar-refractivity contribution in [2.45, 2.75) is 26.3 Å². The van der Waals surface area contributed by atoms with Crippen LogP contribution in [0.15, 0.2) is 38.6 Å². The van der Waals surface area contributed by atoms with Crippen LogP contribution in [0.25, 0.3) is 0 Å². The quantitative estimate of drug-likeness (QED) is 0.676. The molecule has 4 heteroatoms. The van der Waals surface area contributed by atoms with Gasteiger partial charge in [-0.3, -0.25) is 0 Å². The molecule has 1 heterocycles. The van der Waals surface area contributed by atoms with E-state index in [9.17, 15) is 0 Å². The molecule has 0 aliphatic carbocycles. The van der Waals surface area contributed by atoms with E-state index >= 15 is 0 Å². The van der Waals surface area contributed by atoms with Crippen molar-refractivity contribution in [3.05, 3.63) is 49.0 Å². The number of hydrogen-bond donors (Lipinski definition) is 1. The van der Waals surface area contributed by atoms with Crippen LogP contribution in [-0.4, -0.2) is 0 Å². The second kappa shape index (κ2) is 6.22. The number of thiophene rings is 1. The Kier molecular flexibility index (Phi) is 4.87. The molecule has 2 rings (SSSR count). The molecule has 96 valence electrons. The van der Waals surface area contributed by atoms with E-state index in [0.717, 1.165) is 15.4 Å². The molecule has 1 atom stereocenters. The second-order valence-electron chi connectivity index (χ2n) is 4.19. The highest BCUT2D eigenvalue weighted by atomic mass is 79.9. The fraction of sp³-hybridized carbons (Fsp3) is 0.286. The van der Waals surface area contributed by atoms with Gasteiger partial charge in [-0.15, -0.1) is 11.3 Å². The predicted octanol–water partition coefficient (Wildman–Crippen LogP) is 6.01. The zero-order valence-electron chi connectivity index (χ0n) is 10.3. The summed E-state index contributed by atoms with van der Waals surface area (Å²) >= 11 is 8.79. The summed E-state index contributed by atoms with van der Waals surface area (Å²) in [7, 11) is 0. The Labute approximate surface area is 129 Å². The molecule has 0 fully saturated rings. The summed E-state index contributed by atoms with van der Waals surface area (Å²) in [5.41, 5.74) is 2.56. The van der Waals surface area contributed by atoms with Crippen molar-refractivity contribution in [3.63, 3.8) is 0 Å². The normalized spacial score (nSPS) is 12.4. The van der Waals surface area contributed by atoms with Gasteiger partial charge in [0.15, 0.2) is 0 Å². The van der Waals surface area contributed by atoms with E-state index in [1.165, 1.54) is 16.1 Å². The lowest BCUT2D eigenvalue weighted by atomic mass is 10.1. The first-order valence-electron chi connectivity index (χ1n) is 5.89. The summed E-state index contributed by atoms with van der Waals surface area (Å²) in [5, 5.41) is 5.71. The molecule has 2 aromatic rings. The molecule has 1 N–H and O–H groups in total. The third kappa shape index (κ3) is 3.37. The lowest BCUT2D eigenvalue weighted by Gasteiger charge is -2.17. The highest BCUT2D eigenvalue weighted by molar-refractivity contribution is 9.10. The molecule has 0 radical (unpaired) electrons. The van der Waals surface area contributed by atoms with Crippen molar-refractivity contribution in [3.8, 4) is 0 Å². The number of rotatable bonds is 4. The Hall–Kier alpha value is -0.320. The standard InChI is InChI=1S/C14H15Br2NS/c1-3-10-6-11(15)4-5-13(10)17-9(2)14-7-12(16)8-18-14/h4-9,17H,3H2,1-2H3. The molecule has 0 amide bonds. The van der Waals surface area contributed by atoms with Crippen LogP contribution in [0, 0.1) is 0 Å². The van der Waals surface area contributed by atoms with E-state index in [1.54, 1.807) is 11.3 Å². The van der Waals surface area contributed by atoms with Crippen LogP contribution in [0.4, 0.5) is 5.69 Å². The summed E-state index contributed by atoms with van der Waals surface area (Å²) < 4.78 is 2.29. The van der Waals surface area contributed by atoms with Crippen molar-refractivity contribution in [2.24, 2.45) is 0 Å². The summed E-state index contributed by atoms with van der Waals surface area (Å²) in [5.74, 6) is 0. The van der Waals surface area contributed by atoms with Gasteiger partial charge in [-0.2, -0.15) is 0 Å². The summed E-state index contributed by atoms with van der Waals surface area (Å²) in [6.45, 7) is 4.37. The SMILES string of the molecule is CCc1cc(Br)ccc1NC(C)c1cc(Br)cs1. The van der Waals surface area contributed by atoms with Gasteiger partial charge in [0.1, 0.15) is 0 Å². The molecule has 0 spiro atoms. The van der Waals surface area contributed by atoms with E-state index in [-0.39, 0.29) is 0 Å². The van der Waals surface area contributed by atoms with Crippen LogP contribution in [0.1, 0.15) is 30.3 Å². The number of halogens is 2. The number of anilines is 1. The maximum absolute atomic E-state index is 3.59. The molecule has 1 unspecified atom stereocenters. The van der Waals surface area contributed by atoms with Gasteiger partial charge in [0, 0.05) is 24.9 Å². The number of aryl methyl sites for hydroxylation is 1. The monoisotopic (exact) mass is 387 g/mol. The third-order valence-corrected chi connectivity index (χ3v) is 5.20. The van der Waals surface area contributed by atoms with Gasteiger partial charge < -0.3 is 5.32 Å². The van der Waals surface area contributed by atoms with Gasteiger partial charge in [0.2, 0.25) is 0 Å². The van der Waals surface area contributed by atoms with E-state index in [4.69, 9.17) is 0 Å². The first kappa shape index (κ1) is 14.1. The number of benzene rings is 1. The smallest absolute Gasteiger partial charge is 0.0578 e. The lowest BCUT2D eigenvalue weighted by molar-refractivity contribution is 0.901. The Bertz CT molecular complexity index is 536. The minimum absolute atomic E-state index is 0.327. The van der Waals surface area contributed by atoms with Crippen LogP contribution >= 0.6 is 43.2 Å². The fourth-order valence-corrected chi connectivity index (χ4v) is 3.72. The molecule has 0 saturated carbocycles. The first-order chi connectivity index (χ1) is 8.60. The van der Waals surface area contributed by atoms with Gasteiger partial charge in [0.25, 0.3) is 0 Å². The number of hydrogen-bond acceptors (Lipinski definition) is 2. The maximum Gasteiger partial charge on any atom is 0.0578 e. The Morgan fingerprint density at radius 3 is 2.61 bits per heavy atom. The van der Waals surface area contributed by atoms with Crippen LogP contribution in [0.2, 0.25) is 0 Å². The average Bonchev–Trinajstić information content (AvgIpc) is 2.78. The Morgan fingerprint density at radius 1 is 1.22 bits per heavy atom. The summed E-state index contributed by atoms with van der Waals surface area (Å²) in [4.78, 5) is 1.34. The van der Waals surface area contributed by atoms with E-state index in [1.807, 2.05) is 0 Å². The van der Waals surface area contributed by atoms with Crippen LogP contribution in [-0.2, 0) is 6.42 Å². The molecular formula is C14H15Br2NS. The highest BCUT2D eigenvalue weighted by Gasteiger charge is 2.10. The molecule has 1 nitrogen and oxygen atoms in total. The van der Waals surface area contributed by atoms with Crippen molar-refractivity contribution in [1.29, 1.82) is 0 Å². The summed E-state index contributed by atoms with van der Waals surface area (Å²) in [6.07, 6.45) is 1.03. The topological polar surface area (TPSA) is 12.0 Å². The van der Waals surface area contributed by atoms with Crippen molar-refractivity contribution in [2.75, 3.05) is 5.32 Å². The van der Waals surface area contributed by atoms with Crippen molar-refractivity contribution < 1.29 is 0 Å². The van der Waals surface area contributed by atoms with Gasteiger partial charge in [-0.05, 0) is 59.1 Å². The zero-order chi connectivity index (χ0) is 13.1. The first-order valence-corrected chi connectivity index (χ1v) is 8.35. The minimum Gasteiger partial charge on any atom is -0.377 e. The molecule has 0 aliphatic rings. The van der Waals surface area contributed by atoms with Gasteiger partial charge in [-0.1, -0.05) is 22.9 Å². The Morgan fingerprint density at radius 2 is 2.00 bits per heavy atom. The van der Waals surface area contributed by atoms with Crippen molar-refractivity contribution >= 4 is 48.9 Å². The minimum atomic E-state index is 0.327. The number of nitrogens with one attached hydrogen (secondary N) is 1. The zero-order valence-corrected chi connectivity index (χ0v) is 14.3. The van der Waals surface area contributed by atoms with E-state index in [0.29, 0.717) is 6.04 Å². The largest absolute Gasteiger partial charge is 0.377 e. The molecule has 0 saturated heterocycles. The van der Waals surface area contributed by atoms with Crippen LogP contribution in [0.5, 0.6) is 0 Å². The molecule has 0 bridgehead atoms. The third-order valence-electron chi connectivity index (χ3n) is 2.83. The molecule has 1 aromatic heterocycles. The molecular weight excluding hydrogens is 374 g/mol. The molecule has 1 aromatic carbocycles. The van der Waals surface area contributed by atoms with Gasteiger partial charge in [-0.25, -0.2) is 0 Å². The molecule has 0 aliphatic heterocycles. The van der Waals surface area contributed by atoms with Crippen molar-refractivity contribution in [1.82, 2.24) is 0 Å². The van der Waals surface area contributed by atoms with Crippen LogP contribution < -0.4 is 5.32 Å². The van der Waals surface area contributed by atoms with Gasteiger partial charge >= 0.3 is 0 Å².